The van der Waals surface area contributed by atoms with Crippen molar-refractivity contribution in [3.05, 3.63) is 28.8 Å². The zero-order valence-electron chi connectivity index (χ0n) is 9.38. The Labute approximate surface area is 107 Å². The normalized spacial score (nSPS) is 23.6. The first-order chi connectivity index (χ1) is 8.40. The molecule has 1 aliphatic rings. The highest BCUT2D eigenvalue weighted by Gasteiger charge is 2.33. The lowest BCUT2D eigenvalue weighted by Crippen LogP contribution is -2.35. The van der Waals surface area contributed by atoms with E-state index in [1.165, 1.54) is 6.07 Å². The average molecular weight is 281 g/mol. The van der Waals surface area contributed by atoms with E-state index in [0.717, 1.165) is 12.1 Å². The summed E-state index contributed by atoms with van der Waals surface area (Å²) in [7, 11) is 0. The smallest absolute Gasteiger partial charge is 0.416 e. The van der Waals surface area contributed by atoms with E-state index in [9.17, 15) is 13.2 Å². The van der Waals surface area contributed by atoms with Gasteiger partial charge in [-0.25, -0.2) is 0 Å². The van der Waals surface area contributed by atoms with Crippen LogP contribution >= 0.6 is 11.6 Å². The third kappa shape index (κ3) is 2.90. The van der Waals surface area contributed by atoms with Crippen LogP contribution in [0.5, 0.6) is 5.75 Å². The summed E-state index contributed by atoms with van der Waals surface area (Å²) in [6.45, 7) is 0.112. The number of hydrogen-bond acceptors (Lipinski definition) is 2. The monoisotopic (exact) mass is 280 g/mol. The van der Waals surface area contributed by atoms with Crippen molar-refractivity contribution >= 4 is 11.6 Å². The van der Waals surface area contributed by atoms with Crippen molar-refractivity contribution in [3.8, 4) is 5.75 Å². The second kappa shape index (κ2) is 4.97. The lowest BCUT2D eigenvalue weighted by Gasteiger charge is -2.34. The van der Waals surface area contributed by atoms with Crippen LogP contribution in [0.25, 0.3) is 0 Å². The van der Waals surface area contributed by atoms with Crippen molar-refractivity contribution in [2.45, 2.75) is 25.1 Å². The fourth-order valence-corrected chi connectivity index (χ4v) is 2.10. The second-order valence-corrected chi connectivity index (χ2v) is 4.81. The number of benzene rings is 1. The number of ether oxygens (including phenoxy) is 1. The Hall–Kier alpha value is -0.940. The van der Waals surface area contributed by atoms with Gasteiger partial charge >= 0.3 is 6.18 Å². The van der Waals surface area contributed by atoms with Crippen LogP contribution in [0, 0.1) is 5.92 Å². The van der Waals surface area contributed by atoms with Gasteiger partial charge in [-0.3, -0.25) is 0 Å². The fourth-order valence-electron chi connectivity index (χ4n) is 1.87. The average Bonchev–Trinajstić information content (AvgIpc) is 2.23. The summed E-state index contributed by atoms with van der Waals surface area (Å²) < 4.78 is 42.7. The van der Waals surface area contributed by atoms with E-state index in [-0.39, 0.29) is 29.4 Å². The minimum Gasteiger partial charge on any atom is -0.489 e. The van der Waals surface area contributed by atoms with Crippen LogP contribution in [0.3, 0.4) is 0 Å². The third-order valence-corrected chi connectivity index (χ3v) is 3.30. The highest BCUT2D eigenvalue weighted by molar-refractivity contribution is 6.32. The Morgan fingerprint density at radius 3 is 2.50 bits per heavy atom. The molecular weight excluding hydrogens is 269 g/mol. The lowest BCUT2D eigenvalue weighted by atomic mass is 9.83. The summed E-state index contributed by atoms with van der Waals surface area (Å²) >= 11 is 5.76. The SMILES string of the molecule is OC[C@H]1C[C@@H](Oc2ccc(C(F)(F)F)cc2Cl)C1. The van der Waals surface area contributed by atoms with Gasteiger partial charge in [-0.15, -0.1) is 0 Å². The van der Waals surface area contributed by atoms with Crippen molar-refractivity contribution in [3.63, 3.8) is 0 Å². The maximum absolute atomic E-state index is 12.4. The predicted molar refractivity (Wildman–Crippen MR) is 60.7 cm³/mol. The first kappa shape index (κ1) is 13.5. The van der Waals surface area contributed by atoms with Gasteiger partial charge in [0, 0.05) is 6.61 Å². The predicted octanol–water partition coefficient (Wildman–Crippen LogP) is 3.51. The Morgan fingerprint density at radius 1 is 1.33 bits per heavy atom. The van der Waals surface area contributed by atoms with Crippen molar-refractivity contribution in [2.24, 2.45) is 5.92 Å². The van der Waals surface area contributed by atoms with Gasteiger partial charge in [-0.2, -0.15) is 13.2 Å². The molecule has 0 atom stereocenters. The minimum absolute atomic E-state index is 0.0442. The van der Waals surface area contributed by atoms with Gasteiger partial charge in [0.05, 0.1) is 16.7 Å². The van der Waals surface area contributed by atoms with E-state index in [2.05, 4.69) is 0 Å². The van der Waals surface area contributed by atoms with Gasteiger partial charge in [0.2, 0.25) is 0 Å². The summed E-state index contributed by atoms with van der Waals surface area (Å²) in [6.07, 6.45) is -3.07. The molecule has 1 N–H and O–H groups in total. The zero-order valence-corrected chi connectivity index (χ0v) is 10.1. The Balaban J connectivity index is 2.02. The molecule has 0 aliphatic heterocycles. The lowest BCUT2D eigenvalue weighted by molar-refractivity contribution is -0.137. The number of hydrogen-bond donors (Lipinski definition) is 1. The summed E-state index contributed by atoms with van der Waals surface area (Å²) in [5.41, 5.74) is -0.790. The van der Waals surface area contributed by atoms with Gasteiger partial charge in [-0.05, 0) is 37.0 Å². The van der Waals surface area contributed by atoms with Gasteiger partial charge in [-0.1, -0.05) is 11.6 Å². The fraction of sp³-hybridized carbons (Fsp3) is 0.500. The Morgan fingerprint density at radius 2 is 2.00 bits per heavy atom. The van der Waals surface area contributed by atoms with E-state index in [4.69, 9.17) is 21.4 Å². The van der Waals surface area contributed by atoms with Gasteiger partial charge < -0.3 is 9.84 Å². The number of aliphatic hydroxyl groups excluding tert-OH is 1. The third-order valence-electron chi connectivity index (χ3n) is 3.00. The van der Waals surface area contributed by atoms with Crippen LogP contribution in [0.15, 0.2) is 18.2 Å². The van der Waals surface area contributed by atoms with E-state index in [1.807, 2.05) is 0 Å². The molecule has 0 spiro atoms. The first-order valence-electron chi connectivity index (χ1n) is 5.54. The van der Waals surface area contributed by atoms with E-state index >= 15 is 0 Å². The molecular formula is C12H12ClF3O2. The maximum atomic E-state index is 12.4. The first-order valence-corrected chi connectivity index (χ1v) is 5.92. The molecule has 1 fully saturated rings. The van der Waals surface area contributed by atoms with Crippen LogP contribution in [-0.2, 0) is 6.18 Å². The zero-order chi connectivity index (χ0) is 13.3. The van der Waals surface area contributed by atoms with Crippen LogP contribution in [0.1, 0.15) is 18.4 Å². The van der Waals surface area contributed by atoms with Crippen molar-refractivity contribution in [2.75, 3.05) is 6.61 Å². The van der Waals surface area contributed by atoms with Crippen LogP contribution in [0.4, 0.5) is 13.2 Å². The molecule has 0 amide bonds. The number of rotatable bonds is 3. The van der Waals surface area contributed by atoms with Gasteiger partial charge in [0.15, 0.2) is 0 Å². The molecule has 18 heavy (non-hydrogen) atoms. The quantitative estimate of drug-likeness (QED) is 0.918. The largest absolute Gasteiger partial charge is 0.489 e. The molecule has 2 nitrogen and oxygen atoms in total. The summed E-state index contributed by atoms with van der Waals surface area (Å²) in [5.74, 6) is 0.481. The molecule has 1 saturated carbocycles. The van der Waals surface area contributed by atoms with Crippen molar-refractivity contribution < 1.29 is 23.0 Å². The van der Waals surface area contributed by atoms with Gasteiger partial charge in [0.25, 0.3) is 0 Å². The molecule has 0 aromatic heterocycles. The molecule has 1 aliphatic carbocycles. The summed E-state index contributed by atoms with van der Waals surface area (Å²) in [6, 6.07) is 3.04. The summed E-state index contributed by atoms with van der Waals surface area (Å²) in [4.78, 5) is 0. The topological polar surface area (TPSA) is 29.5 Å². The minimum atomic E-state index is -4.40. The standard InChI is InChI=1S/C12H12ClF3O2/c13-10-5-8(12(14,15)16)1-2-11(10)18-9-3-7(4-9)6-17/h1-2,5,7,9,17H,3-4,6H2/t7-,9+. The van der Waals surface area contributed by atoms with E-state index in [0.29, 0.717) is 12.8 Å². The Kier molecular flexibility index (Phi) is 3.73. The van der Waals surface area contributed by atoms with Crippen molar-refractivity contribution in [1.82, 2.24) is 0 Å². The molecule has 1 aromatic carbocycles. The Bertz CT molecular complexity index is 428. The second-order valence-electron chi connectivity index (χ2n) is 4.40. The van der Waals surface area contributed by atoms with Crippen molar-refractivity contribution in [1.29, 1.82) is 0 Å². The number of halogens is 4. The molecule has 1 aromatic rings. The summed E-state index contributed by atoms with van der Waals surface area (Å²) in [5, 5.41) is 8.80. The molecule has 0 saturated heterocycles. The van der Waals surface area contributed by atoms with Crippen LogP contribution < -0.4 is 4.74 Å². The highest BCUT2D eigenvalue weighted by atomic mass is 35.5. The molecule has 6 heteroatoms. The highest BCUT2D eigenvalue weighted by Crippen LogP contribution is 2.37. The van der Waals surface area contributed by atoms with E-state index < -0.39 is 11.7 Å². The number of alkyl halides is 3. The molecule has 0 bridgehead atoms. The molecule has 0 unspecified atom stereocenters. The van der Waals surface area contributed by atoms with Crippen LogP contribution in [-0.4, -0.2) is 17.8 Å². The molecule has 0 radical (unpaired) electrons. The van der Waals surface area contributed by atoms with Crippen LogP contribution in [0.2, 0.25) is 5.02 Å². The molecule has 2 rings (SSSR count). The molecule has 100 valence electrons. The maximum Gasteiger partial charge on any atom is 0.416 e. The van der Waals surface area contributed by atoms with E-state index in [1.54, 1.807) is 0 Å². The van der Waals surface area contributed by atoms with Gasteiger partial charge in [0.1, 0.15) is 5.75 Å². The number of aliphatic hydroxyl groups is 1. The molecule has 0 heterocycles.